The third-order valence-corrected chi connectivity index (χ3v) is 3.27. The molecule has 0 aliphatic heterocycles. The van der Waals surface area contributed by atoms with E-state index in [0.29, 0.717) is 43.3 Å². The standard InChI is InChI=1S/C18H30N4O4/c1-18(2,3)26-17(24)21-10-6-9-20-16(19-4)22-12-13-11-14(25-5)7-8-15(13)23/h7-8,11,23H,6,9-10,12H2,1-5H3,(H,21,24)(H2,19,20,22). The zero-order valence-corrected chi connectivity index (χ0v) is 16.2. The number of ether oxygens (including phenoxy) is 2. The molecule has 0 saturated carbocycles. The number of phenolic OH excluding ortho intramolecular Hbond substituents is 1. The largest absolute Gasteiger partial charge is 0.508 e. The lowest BCUT2D eigenvalue weighted by Crippen LogP contribution is -2.39. The first kappa shape index (κ1) is 21.4. The summed E-state index contributed by atoms with van der Waals surface area (Å²) in [4.78, 5) is 15.7. The number of phenols is 1. The fourth-order valence-electron chi connectivity index (χ4n) is 2.03. The van der Waals surface area contributed by atoms with Gasteiger partial charge in [0.05, 0.1) is 7.11 Å². The summed E-state index contributed by atoms with van der Waals surface area (Å²) in [6.07, 6.45) is 0.290. The summed E-state index contributed by atoms with van der Waals surface area (Å²) in [6.45, 7) is 6.99. The normalized spacial score (nSPS) is 11.7. The number of rotatable bonds is 7. The number of nitrogens with zero attached hydrogens (tertiary/aromatic N) is 1. The van der Waals surface area contributed by atoms with Crippen LogP contribution in [-0.2, 0) is 11.3 Å². The highest BCUT2D eigenvalue weighted by Gasteiger charge is 2.15. The van der Waals surface area contributed by atoms with Gasteiger partial charge in [0, 0.05) is 32.2 Å². The summed E-state index contributed by atoms with van der Waals surface area (Å²) in [5.41, 5.74) is 0.207. The second-order valence-corrected chi connectivity index (χ2v) is 6.63. The lowest BCUT2D eigenvalue weighted by molar-refractivity contribution is 0.0527. The monoisotopic (exact) mass is 366 g/mol. The van der Waals surface area contributed by atoms with Crippen molar-refractivity contribution in [1.29, 1.82) is 0 Å². The molecule has 8 nitrogen and oxygen atoms in total. The van der Waals surface area contributed by atoms with E-state index in [2.05, 4.69) is 20.9 Å². The van der Waals surface area contributed by atoms with Gasteiger partial charge >= 0.3 is 6.09 Å². The molecule has 26 heavy (non-hydrogen) atoms. The number of carbonyl (C=O) groups excluding carboxylic acids is 1. The molecule has 1 aromatic rings. The predicted molar refractivity (Wildman–Crippen MR) is 102 cm³/mol. The molecule has 0 radical (unpaired) electrons. The van der Waals surface area contributed by atoms with Crippen LogP contribution in [0.2, 0.25) is 0 Å². The third kappa shape index (κ3) is 8.46. The number of nitrogens with one attached hydrogen (secondary N) is 3. The van der Waals surface area contributed by atoms with E-state index in [1.165, 1.54) is 0 Å². The summed E-state index contributed by atoms with van der Waals surface area (Å²) in [5.74, 6) is 1.47. The summed E-state index contributed by atoms with van der Waals surface area (Å²) in [5, 5.41) is 18.9. The number of hydrogen-bond acceptors (Lipinski definition) is 5. The van der Waals surface area contributed by atoms with Gasteiger partial charge in [0.2, 0.25) is 0 Å². The topological polar surface area (TPSA) is 104 Å². The van der Waals surface area contributed by atoms with Gasteiger partial charge in [-0.05, 0) is 45.4 Å². The average molecular weight is 366 g/mol. The van der Waals surface area contributed by atoms with Crippen molar-refractivity contribution in [2.24, 2.45) is 4.99 Å². The lowest BCUT2D eigenvalue weighted by Gasteiger charge is -2.19. The van der Waals surface area contributed by atoms with Crippen LogP contribution in [0, 0.1) is 0 Å². The number of alkyl carbamates (subject to hydrolysis) is 1. The molecule has 146 valence electrons. The van der Waals surface area contributed by atoms with Gasteiger partial charge < -0.3 is 30.5 Å². The average Bonchev–Trinajstić information content (AvgIpc) is 2.57. The number of hydrogen-bond donors (Lipinski definition) is 4. The number of aliphatic imine (C=N–C) groups is 1. The molecule has 4 N–H and O–H groups in total. The second kappa shape index (κ2) is 10.4. The summed E-state index contributed by atoms with van der Waals surface area (Å²) in [7, 11) is 3.25. The molecule has 1 amide bonds. The number of guanidine groups is 1. The van der Waals surface area contributed by atoms with Crippen LogP contribution in [0.5, 0.6) is 11.5 Å². The SMILES string of the molecule is CN=C(NCCCNC(=O)OC(C)(C)C)NCc1cc(OC)ccc1O. The molecule has 1 aromatic carbocycles. The van der Waals surface area contributed by atoms with E-state index >= 15 is 0 Å². The zero-order valence-electron chi connectivity index (χ0n) is 16.2. The van der Waals surface area contributed by atoms with Gasteiger partial charge in [-0.15, -0.1) is 0 Å². The van der Waals surface area contributed by atoms with E-state index in [0.717, 1.165) is 0 Å². The van der Waals surface area contributed by atoms with Gasteiger partial charge in [-0.1, -0.05) is 0 Å². The summed E-state index contributed by atoms with van der Waals surface area (Å²) >= 11 is 0. The van der Waals surface area contributed by atoms with Crippen LogP contribution in [0.3, 0.4) is 0 Å². The van der Waals surface area contributed by atoms with Crippen LogP contribution in [-0.4, -0.2) is 50.0 Å². The van der Waals surface area contributed by atoms with Gasteiger partial charge in [0.25, 0.3) is 0 Å². The Morgan fingerprint density at radius 3 is 2.50 bits per heavy atom. The van der Waals surface area contributed by atoms with Crippen molar-refractivity contribution in [3.8, 4) is 11.5 Å². The molecule has 0 aromatic heterocycles. The highest BCUT2D eigenvalue weighted by molar-refractivity contribution is 5.79. The second-order valence-electron chi connectivity index (χ2n) is 6.63. The summed E-state index contributed by atoms with van der Waals surface area (Å²) < 4.78 is 10.3. The summed E-state index contributed by atoms with van der Waals surface area (Å²) in [6, 6.07) is 5.05. The van der Waals surface area contributed by atoms with Gasteiger partial charge in [0.1, 0.15) is 17.1 Å². The number of aromatic hydroxyl groups is 1. The van der Waals surface area contributed by atoms with Crippen molar-refractivity contribution < 1.29 is 19.4 Å². The molecule has 0 fully saturated rings. The van der Waals surface area contributed by atoms with Crippen molar-refractivity contribution in [3.63, 3.8) is 0 Å². The van der Waals surface area contributed by atoms with E-state index in [1.54, 1.807) is 32.4 Å². The number of methoxy groups -OCH3 is 1. The van der Waals surface area contributed by atoms with Crippen LogP contribution in [0.15, 0.2) is 23.2 Å². The quantitative estimate of drug-likeness (QED) is 0.334. The van der Waals surface area contributed by atoms with Gasteiger partial charge in [-0.2, -0.15) is 0 Å². The molecular formula is C18H30N4O4. The molecule has 1 rings (SSSR count). The molecule has 8 heteroatoms. The van der Waals surface area contributed by atoms with Crippen LogP contribution >= 0.6 is 0 Å². The van der Waals surface area contributed by atoms with Crippen LogP contribution < -0.4 is 20.7 Å². The van der Waals surface area contributed by atoms with E-state index in [9.17, 15) is 9.90 Å². The molecule has 0 bridgehead atoms. The van der Waals surface area contributed by atoms with Crippen molar-refractivity contribution in [3.05, 3.63) is 23.8 Å². The van der Waals surface area contributed by atoms with Crippen molar-refractivity contribution in [2.75, 3.05) is 27.2 Å². The third-order valence-electron chi connectivity index (χ3n) is 3.27. The van der Waals surface area contributed by atoms with E-state index < -0.39 is 11.7 Å². The van der Waals surface area contributed by atoms with Crippen molar-refractivity contribution >= 4 is 12.1 Å². The highest BCUT2D eigenvalue weighted by atomic mass is 16.6. The van der Waals surface area contributed by atoms with E-state index in [-0.39, 0.29) is 5.75 Å². The number of amides is 1. The fraction of sp³-hybridized carbons (Fsp3) is 0.556. The Balaban J connectivity index is 2.31. The molecule has 0 heterocycles. The Bertz CT molecular complexity index is 612. The minimum Gasteiger partial charge on any atom is -0.508 e. The van der Waals surface area contributed by atoms with Gasteiger partial charge in [-0.25, -0.2) is 4.79 Å². The molecule has 0 saturated heterocycles. The van der Waals surface area contributed by atoms with Crippen LogP contribution in [0.1, 0.15) is 32.8 Å². The van der Waals surface area contributed by atoms with Crippen molar-refractivity contribution in [2.45, 2.75) is 39.3 Å². The molecular weight excluding hydrogens is 336 g/mol. The van der Waals surface area contributed by atoms with E-state index in [1.807, 2.05) is 20.8 Å². The fourth-order valence-corrected chi connectivity index (χ4v) is 2.03. The molecule has 0 spiro atoms. The predicted octanol–water partition coefficient (Wildman–Crippen LogP) is 1.98. The lowest BCUT2D eigenvalue weighted by atomic mass is 10.2. The van der Waals surface area contributed by atoms with Crippen LogP contribution in [0.4, 0.5) is 4.79 Å². The first-order valence-electron chi connectivity index (χ1n) is 8.52. The van der Waals surface area contributed by atoms with Crippen LogP contribution in [0.25, 0.3) is 0 Å². The van der Waals surface area contributed by atoms with Crippen molar-refractivity contribution in [1.82, 2.24) is 16.0 Å². The minimum absolute atomic E-state index is 0.190. The number of benzene rings is 1. The molecule has 0 aliphatic rings. The maximum Gasteiger partial charge on any atom is 0.407 e. The first-order chi connectivity index (χ1) is 12.2. The Kier molecular flexibility index (Phi) is 8.54. The zero-order chi connectivity index (χ0) is 19.6. The smallest absolute Gasteiger partial charge is 0.407 e. The molecule has 0 unspecified atom stereocenters. The Morgan fingerprint density at radius 1 is 1.19 bits per heavy atom. The van der Waals surface area contributed by atoms with Gasteiger partial charge in [0.15, 0.2) is 5.96 Å². The molecule has 0 aliphatic carbocycles. The van der Waals surface area contributed by atoms with Gasteiger partial charge in [-0.3, -0.25) is 4.99 Å². The van der Waals surface area contributed by atoms with E-state index in [4.69, 9.17) is 9.47 Å². The minimum atomic E-state index is -0.500. The Morgan fingerprint density at radius 2 is 1.88 bits per heavy atom. The maximum atomic E-state index is 11.5. The Hall–Kier alpha value is -2.64. The highest BCUT2D eigenvalue weighted by Crippen LogP contribution is 2.22. The maximum absolute atomic E-state index is 11.5. The molecule has 0 atom stereocenters. The first-order valence-corrected chi connectivity index (χ1v) is 8.52. The number of carbonyl (C=O) groups is 1. The Labute approximate surface area is 155 Å².